The van der Waals surface area contributed by atoms with Crippen LogP contribution in [-0.2, 0) is 4.79 Å². The first-order chi connectivity index (χ1) is 13.1. The number of halogens is 1. The van der Waals surface area contributed by atoms with E-state index in [1.807, 2.05) is 24.3 Å². The number of carbonyl (C=O) groups excluding carboxylic acids is 2. The highest BCUT2D eigenvalue weighted by molar-refractivity contribution is 7.99. The summed E-state index contributed by atoms with van der Waals surface area (Å²) in [4.78, 5) is 32.4. The van der Waals surface area contributed by atoms with E-state index in [0.717, 1.165) is 4.90 Å². The van der Waals surface area contributed by atoms with Crippen molar-refractivity contribution in [1.29, 1.82) is 0 Å². The summed E-state index contributed by atoms with van der Waals surface area (Å²) in [6.07, 6.45) is 1.65. The highest BCUT2D eigenvalue weighted by atomic mass is 35.5. The van der Waals surface area contributed by atoms with E-state index in [1.54, 1.807) is 42.6 Å². The molecule has 2 amide bonds. The number of fused-ring (bicyclic) bond motifs is 2. The second-order valence-electron chi connectivity index (χ2n) is 5.85. The van der Waals surface area contributed by atoms with Gasteiger partial charge in [-0.3, -0.25) is 14.5 Å². The van der Waals surface area contributed by atoms with Gasteiger partial charge in [-0.1, -0.05) is 47.6 Å². The number of benzene rings is 2. The number of rotatable bonds is 3. The minimum absolute atomic E-state index is 0.129. The number of para-hydroxylation sites is 2. The number of nitrogens with one attached hydrogen (secondary N) is 1. The van der Waals surface area contributed by atoms with Crippen molar-refractivity contribution in [2.75, 3.05) is 16.8 Å². The summed E-state index contributed by atoms with van der Waals surface area (Å²) in [6, 6.07) is 17.9. The number of carbonyl (C=O) groups is 2. The second-order valence-corrected chi connectivity index (χ2v) is 7.28. The Labute approximate surface area is 165 Å². The fourth-order valence-corrected chi connectivity index (χ4v) is 4.01. The maximum Gasteiger partial charge on any atom is 0.261 e. The molecule has 3 aromatic rings. The molecule has 0 saturated carbocycles. The zero-order valence-electron chi connectivity index (χ0n) is 14.1. The molecule has 27 heavy (non-hydrogen) atoms. The summed E-state index contributed by atoms with van der Waals surface area (Å²) in [5.74, 6) is -0.589. The third-order valence-corrected chi connectivity index (χ3v) is 5.47. The van der Waals surface area contributed by atoms with Gasteiger partial charge in [0.05, 0.1) is 22.0 Å². The van der Waals surface area contributed by atoms with Crippen molar-refractivity contribution in [3.63, 3.8) is 0 Å². The zero-order valence-corrected chi connectivity index (χ0v) is 15.6. The van der Waals surface area contributed by atoms with Gasteiger partial charge in [-0.2, -0.15) is 0 Å². The van der Waals surface area contributed by atoms with Gasteiger partial charge in [-0.25, -0.2) is 4.98 Å². The lowest BCUT2D eigenvalue weighted by atomic mass is 10.2. The first kappa shape index (κ1) is 17.6. The molecular weight excluding hydrogens is 382 g/mol. The van der Waals surface area contributed by atoms with Crippen molar-refractivity contribution in [3.05, 3.63) is 77.4 Å². The third kappa shape index (κ3) is 3.54. The Balaban J connectivity index is 1.67. The summed E-state index contributed by atoms with van der Waals surface area (Å²) < 4.78 is 0. The van der Waals surface area contributed by atoms with Crippen molar-refractivity contribution in [1.82, 2.24) is 4.98 Å². The average Bonchev–Trinajstić information content (AvgIpc) is 2.79. The van der Waals surface area contributed by atoms with Crippen molar-refractivity contribution >= 4 is 46.6 Å². The second kappa shape index (κ2) is 7.42. The lowest BCUT2D eigenvalue weighted by Crippen LogP contribution is -2.38. The summed E-state index contributed by atoms with van der Waals surface area (Å²) in [7, 11) is 0. The highest BCUT2D eigenvalue weighted by Crippen LogP contribution is 2.39. The molecule has 2 heterocycles. The quantitative estimate of drug-likeness (QED) is 0.710. The highest BCUT2D eigenvalue weighted by Gasteiger charge is 2.29. The normalized spacial score (nSPS) is 12.8. The van der Waals surface area contributed by atoms with Crippen LogP contribution < -0.4 is 10.2 Å². The van der Waals surface area contributed by atoms with E-state index in [0.29, 0.717) is 27.0 Å². The predicted molar refractivity (Wildman–Crippen MR) is 107 cm³/mol. The Morgan fingerprint density at radius 2 is 1.85 bits per heavy atom. The number of anilines is 2. The van der Waals surface area contributed by atoms with Crippen LogP contribution in [0.2, 0.25) is 5.02 Å². The SMILES string of the molecule is O=C(CN1C(=O)c2cccnc2Sc2ccccc21)Nc1ccccc1Cl. The van der Waals surface area contributed by atoms with Crippen molar-refractivity contribution in [3.8, 4) is 0 Å². The van der Waals surface area contributed by atoms with E-state index in [4.69, 9.17) is 11.6 Å². The molecule has 0 saturated heterocycles. The summed E-state index contributed by atoms with van der Waals surface area (Å²) in [5.41, 5.74) is 1.67. The molecule has 0 atom stereocenters. The first-order valence-corrected chi connectivity index (χ1v) is 9.41. The Morgan fingerprint density at radius 1 is 1.07 bits per heavy atom. The molecule has 4 rings (SSSR count). The largest absolute Gasteiger partial charge is 0.323 e. The summed E-state index contributed by atoms with van der Waals surface area (Å²) in [6.45, 7) is -0.129. The van der Waals surface area contributed by atoms with Crippen LogP contribution in [0.15, 0.2) is 76.8 Å². The molecule has 134 valence electrons. The average molecular weight is 396 g/mol. The Hall–Kier alpha value is -2.83. The molecule has 5 nitrogen and oxygen atoms in total. The Kier molecular flexibility index (Phi) is 4.83. The van der Waals surface area contributed by atoms with Crippen LogP contribution in [0, 0.1) is 0 Å². The number of aromatic nitrogens is 1. The predicted octanol–water partition coefficient (Wildman–Crippen LogP) is 4.49. The van der Waals surface area contributed by atoms with Gasteiger partial charge in [0, 0.05) is 11.1 Å². The maximum atomic E-state index is 13.1. The third-order valence-electron chi connectivity index (χ3n) is 4.06. The smallest absolute Gasteiger partial charge is 0.261 e. The van der Waals surface area contributed by atoms with Crippen LogP contribution in [0.4, 0.5) is 11.4 Å². The number of pyridine rings is 1. The maximum absolute atomic E-state index is 13.1. The van der Waals surface area contributed by atoms with E-state index in [1.165, 1.54) is 16.7 Å². The fraction of sp³-hybridized carbons (Fsp3) is 0.0500. The molecule has 1 aliphatic heterocycles. The van der Waals surface area contributed by atoms with Crippen molar-refractivity contribution < 1.29 is 9.59 Å². The Bertz CT molecular complexity index is 1040. The summed E-state index contributed by atoms with van der Waals surface area (Å²) in [5, 5.41) is 3.84. The van der Waals surface area contributed by atoms with Gasteiger partial charge in [-0.15, -0.1) is 0 Å². The van der Waals surface area contributed by atoms with Gasteiger partial charge in [0.25, 0.3) is 5.91 Å². The van der Waals surface area contributed by atoms with Gasteiger partial charge >= 0.3 is 0 Å². The monoisotopic (exact) mass is 395 g/mol. The van der Waals surface area contributed by atoms with Gasteiger partial charge < -0.3 is 5.32 Å². The molecule has 2 aromatic carbocycles. The molecule has 7 heteroatoms. The van der Waals surface area contributed by atoms with Crippen LogP contribution in [-0.4, -0.2) is 23.3 Å². The molecule has 0 spiro atoms. The number of nitrogens with zero attached hydrogens (tertiary/aromatic N) is 2. The minimum Gasteiger partial charge on any atom is -0.323 e. The molecule has 0 unspecified atom stereocenters. The van der Waals surface area contributed by atoms with Gasteiger partial charge in [0.2, 0.25) is 5.91 Å². The molecular formula is C20H14ClN3O2S. The minimum atomic E-state index is -0.330. The zero-order chi connectivity index (χ0) is 18.8. The van der Waals surface area contributed by atoms with Crippen LogP contribution in [0.5, 0.6) is 0 Å². The molecule has 1 N–H and O–H groups in total. The van der Waals surface area contributed by atoms with Crippen LogP contribution >= 0.6 is 23.4 Å². The molecule has 1 aliphatic rings. The van der Waals surface area contributed by atoms with Gasteiger partial charge in [-0.05, 0) is 36.4 Å². The van der Waals surface area contributed by atoms with Crippen LogP contribution in [0.1, 0.15) is 10.4 Å². The standard InChI is InChI=1S/C20H14ClN3O2S/c21-14-7-1-2-8-15(14)23-18(25)12-24-16-9-3-4-10-17(16)27-19-13(20(24)26)6-5-11-22-19/h1-11H,12H2,(H,23,25). The van der Waals surface area contributed by atoms with Crippen molar-refractivity contribution in [2.24, 2.45) is 0 Å². The molecule has 1 aromatic heterocycles. The Morgan fingerprint density at radius 3 is 2.70 bits per heavy atom. The van der Waals surface area contributed by atoms with E-state index < -0.39 is 0 Å². The van der Waals surface area contributed by atoms with E-state index in [-0.39, 0.29) is 18.4 Å². The van der Waals surface area contributed by atoms with E-state index in [2.05, 4.69) is 10.3 Å². The molecule has 0 bridgehead atoms. The molecule has 0 aliphatic carbocycles. The van der Waals surface area contributed by atoms with Crippen LogP contribution in [0.3, 0.4) is 0 Å². The lowest BCUT2D eigenvalue weighted by Gasteiger charge is -2.22. The van der Waals surface area contributed by atoms with Gasteiger partial charge in [0.1, 0.15) is 11.6 Å². The molecule has 0 radical (unpaired) electrons. The topological polar surface area (TPSA) is 62.3 Å². The number of hydrogen-bond acceptors (Lipinski definition) is 4. The van der Waals surface area contributed by atoms with E-state index in [9.17, 15) is 9.59 Å². The van der Waals surface area contributed by atoms with Crippen LogP contribution in [0.25, 0.3) is 0 Å². The number of amides is 2. The van der Waals surface area contributed by atoms with E-state index >= 15 is 0 Å². The summed E-state index contributed by atoms with van der Waals surface area (Å²) >= 11 is 7.52. The first-order valence-electron chi connectivity index (χ1n) is 8.21. The van der Waals surface area contributed by atoms with Gasteiger partial charge in [0.15, 0.2) is 0 Å². The lowest BCUT2D eigenvalue weighted by molar-refractivity contribution is -0.114. The number of hydrogen-bond donors (Lipinski definition) is 1. The van der Waals surface area contributed by atoms with Crippen molar-refractivity contribution in [2.45, 2.75) is 9.92 Å². The molecule has 0 fully saturated rings. The fourth-order valence-electron chi connectivity index (χ4n) is 2.81.